The Labute approximate surface area is 217 Å². The zero-order valence-electron chi connectivity index (χ0n) is 19.9. The third-order valence-corrected chi connectivity index (χ3v) is 6.99. The van der Waals surface area contributed by atoms with Gasteiger partial charge in [-0.25, -0.2) is 17.8 Å². The zero-order valence-corrected chi connectivity index (χ0v) is 20.7. The number of nitrogens with zero attached hydrogens (tertiary/aromatic N) is 3. The smallest absolute Gasteiger partial charge is 0.307 e. The number of benzene rings is 3. The lowest BCUT2D eigenvalue weighted by atomic mass is 10.1. The number of fused-ring (bicyclic) bond motifs is 1. The van der Waals surface area contributed by atoms with Crippen molar-refractivity contribution < 1.29 is 17.8 Å². The van der Waals surface area contributed by atoms with Crippen molar-refractivity contribution in [1.82, 2.24) is 15.0 Å². The standard InChI is InChI=1S/C26H21FN8O2S/c27-19-8-10-22(11-9-19)38(36,37)35-21-3-1-2-20(14-21)32-26-33-24(23-25(34-26)31-16-30-23)29-15-18-6-4-17(5-7-18)12-13-28/h1-11,14,16,35H,12,15H2,(H3,29,30,31,32,33,34)/p+1. The van der Waals surface area contributed by atoms with Gasteiger partial charge in [0.05, 0.1) is 23.1 Å². The summed E-state index contributed by atoms with van der Waals surface area (Å²) in [6.45, 7) is 0.498. The van der Waals surface area contributed by atoms with E-state index in [1.54, 1.807) is 30.6 Å². The van der Waals surface area contributed by atoms with Crippen molar-refractivity contribution in [2.75, 3.05) is 15.4 Å². The highest BCUT2D eigenvalue weighted by atomic mass is 32.2. The average Bonchev–Trinajstić information content (AvgIpc) is 3.37. The number of aromatic nitrogens is 4. The Hall–Kier alpha value is -5.02. The van der Waals surface area contributed by atoms with Gasteiger partial charge in [0.2, 0.25) is 5.52 Å². The van der Waals surface area contributed by atoms with Gasteiger partial charge in [0.25, 0.3) is 10.0 Å². The molecule has 0 aliphatic carbocycles. The largest absolute Gasteiger partial charge is 0.363 e. The summed E-state index contributed by atoms with van der Waals surface area (Å²) in [6.07, 6.45) is 2.01. The summed E-state index contributed by atoms with van der Waals surface area (Å²) in [6, 6.07) is 21.1. The van der Waals surface area contributed by atoms with Crippen LogP contribution in [0.5, 0.6) is 0 Å². The van der Waals surface area contributed by atoms with Crippen LogP contribution in [0.25, 0.3) is 11.2 Å². The lowest BCUT2D eigenvalue weighted by Gasteiger charge is -2.10. The van der Waals surface area contributed by atoms with Crippen molar-refractivity contribution in [3.8, 4) is 6.07 Å². The number of sulfonamides is 1. The van der Waals surface area contributed by atoms with Gasteiger partial charge in [-0.15, -0.1) is 0 Å². The number of imidazole rings is 1. The molecular weight excluding hydrogens is 507 g/mol. The number of rotatable bonds is 9. The maximum Gasteiger partial charge on any atom is 0.307 e. The molecule has 5 aromatic rings. The van der Waals surface area contributed by atoms with Crippen LogP contribution in [0.15, 0.2) is 84.0 Å². The number of nitriles is 1. The number of anilines is 4. The number of H-pyrrole nitrogens is 2. The second kappa shape index (κ2) is 10.5. The second-order valence-corrected chi connectivity index (χ2v) is 10.0. The number of hydrogen-bond acceptors (Lipinski definition) is 7. The molecule has 38 heavy (non-hydrogen) atoms. The van der Waals surface area contributed by atoms with Crippen LogP contribution in [0.4, 0.5) is 27.5 Å². The minimum absolute atomic E-state index is 0.0514. The quantitative estimate of drug-likeness (QED) is 0.224. The molecule has 0 aliphatic rings. The fraction of sp³-hybridized carbons (Fsp3) is 0.0769. The zero-order chi connectivity index (χ0) is 26.5. The molecule has 190 valence electrons. The summed E-state index contributed by atoms with van der Waals surface area (Å²) in [5, 5.41) is 15.3. The molecule has 3 aromatic carbocycles. The highest BCUT2D eigenvalue weighted by Crippen LogP contribution is 2.24. The minimum atomic E-state index is -3.90. The van der Waals surface area contributed by atoms with Crippen molar-refractivity contribution >= 4 is 44.3 Å². The van der Waals surface area contributed by atoms with Crippen LogP contribution in [0.3, 0.4) is 0 Å². The van der Waals surface area contributed by atoms with E-state index in [1.165, 1.54) is 12.1 Å². The van der Waals surface area contributed by atoms with Crippen molar-refractivity contribution in [2.24, 2.45) is 0 Å². The summed E-state index contributed by atoms with van der Waals surface area (Å²) in [5.74, 6) is 0.334. The number of aromatic amines is 2. The fourth-order valence-corrected chi connectivity index (χ4v) is 4.78. The molecule has 5 N–H and O–H groups in total. The van der Waals surface area contributed by atoms with Crippen LogP contribution in [0.2, 0.25) is 0 Å². The van der Waals surface area contributed by atoms with Gasteiger partial charge in [-0.05, 0) is 53.6 Å². The van der Waals surface area contributed by atoms with Crippen LogP contribution in [-0.4, -0.2) is 23.4 Å². The van der Waals surface area contributed by atoms with Crippen LogP contribution in [0.1, 0.15) is 11.1 Å². The predicted octanol–water partition coefficient (Wildman–Crippen LogP) is 4.13. The molecule has 0 saturated heterocycles. The molecule has 0 amide bonds. The van der Waals surface area contributed by atoms with Gasteiger partial charge in [0.1, 0.15) is 5.82 Å². The highest BCUT2D eigenvalue weighted by molar-refractivity contribution is 7.92. The monoisotopic (exact) mass is 529 g/mol. The van der Waals surface area contributed by atoms with Gasteiger partial charge < -0.3 is 10.6 Å². The molecule has 10 nitrogen and oxygen atoms in total. The molecule has 12 heteroatoms. The molecule has 0 unspecified atom stereocenters. The first-order chi connectivity index (χ1) is 18.4. The predicted molar refractivity (Wildman–Crippen MR) is 140 cm³/mol. The van der Waals surface area contributed by atoms with E-state index in [9.17, 15) is 12.8 Å². The Balaban J connectivity index is 1.33. The van der Waals surface area contributed by atoms with Crippen LogP contribution >= 0.6 is 0 Å². The van der Waals surface area contributed by atoms with E-state index >= 15 is 0 Å². The lowest BCUT2D eigenvalue weighted by molar-refractivity contribution is -0.347. The molecule has 0 spiro atoms. The van der Waals surface area contributed by atoms with E-state index in [2.05, 4.69) is 41.4 Å². The lowest BCUT2D eigenvalue weighted by Crippen LogP contribution is -2.13. The Kier molecular flexibility index (Phi) is 6.84. The molecule has 0 atom stereocenters. The maximum absolute atomic E-state index is 13.2. The fourth-order valence-electron chi connectivity index (χ4n) is 3.73. The molecule has 5 rings (SSSR count). The Morgan fingerprint density at radius 2 is 1.71 bits per heavy atom. The third-order valence-electron chi connectivity index (χ3n) is 5.60. The molecule has 0 bridgehead atoms. The molecular formula is C26H22FN8O2S+. The van der Waals surface area contributed by atoms with E-state index in [-0.39, 0.29) is 4.90 Å². The van der Waals surface area contributed by atoms with E-state index in [0.29, 0.717) is 47.3 Å². The summed E-state index contributed by atoms with van der Waals surface area (Å²) >= 11 is 0. The number of halogens is 1. The van der Waals surface area contributed by atoms with Crippen molar-refractivity contribution in [3.05, 3.63) is 96.1 Å². The Morgan fingerprint density at radius 1 is 0.974 bits per heavy atom. The molecule has 0 fully saturated rings. The summed E-state index contributed by atoms with van der Waals surface area (Å²) < 4.78 is 41.0. The average molecular weight is 530 g/mol. The van der Waals surface area contributed by atoms with Crippen molar-refractivity contribution in [2.45, 2.75) is 17.9 Å². The highest BCUT2D eigenvalue weighted by Gasteiger charge is 2.17. The van der Waals surface area contributed by atoms with Gasteiger partial charge in [-0.3, -0.25) is 9.71 Å². The SMILES string of the molecule is N#CCc1ccc(CNc2nc(Nc3cccc(NS(=O)(=O)c4ccc(F)cc4)c3)nc3[nH+]c[nH]c23)cc1. The van der Waals surface area contributed by atoms with Crippen LogP contribution in [0, 0.1) is 17.1 Å². The first-order valence-corrected chi connectivity index (χ1v) is 13.0. The van der Waals surface area contributed by atoms with Crippen molar-refractivity contribution in [3.63, 3.8) is 0 Å². The van der Waals surface area contributed by atoms with Gasteiger partial charge >= 0.3 is 11.6 Å². The molecule has 0 saturated carbocycles. The molecule has 2 aromatic heterocycles. The molecule has 2 heterocycles. The third kappa shape index (κ3) is 5.69. The summed E-state index contributed by atoms with van der Waals surface area (Å²) in [4.78, 5) is 15.1. The van der Waals surface area contributed by atoms with Crippen LogP contribution in [-0.2, 0) is 23.0 Å². The van der Waals surface area contributed by atoms with Gasteiger partial charge in [-0.2, -0.15) is 10.2 Å². The maximum atomic E-state index is 13.2. The molecule has 0 aliphatic heterocycles. The summed E-state index contributed by atoms with van der Waals surface area (Å²) in [7, 11) is -3.90. The summed E-state index contributed by atoms with van der Waals surface area (Å²) in [5.41, 5.74) is 4.10. The molecule has 0 radical (unpaired) electrons. The van der Waals surface area contributed by atoms with Crippen LogP contribution < -0.4 is 20.3 Å². The van der Waals surface area contributed by atoms with E-state index in [1.807, 2.05) is 24.3 Å². The van der Waals surface area contributed by atoms with Gasteiger partial charge in [0.15, 0.2) is 12.1 Å². The number of nitrogens with one attached hydrogen (secondary N) is 5. The minimum Gasteiger partial charge on any atom is -0.363 e. The first-order valence-electron chi connectivity index (χ1n) is 11.5. The Morgan fingerprint density at radius 3 is 2.47 bits per heavy atom. The van der Waals surface area contributed by atoms with Crippen molar-refractivity contribution in [1.29, 1.82) is 5.26 Å². The topological polar surface area (TPSA) is 150 Å². The Bertz CT molecular complexity index is 1730. The van der Waals surface area contributed by atoms with E-state index < -0.39 is 15.8 Å². The normalized spacial score (nSPS) is 11.2. The van der Waals surface area contributed by atoms with Gasteiger partial charge in [-0.1, -0.05) is 35.3 Å². The first kappa shape index (κ1) is 24.7. The number of hydrogen-bond donors (Lipinski definition) is 4. The van der Waals surface area contributed by atoms with E-state index in [4.69, 9.17) is 5.26 Å². The van der Waals surface area contributed by atoms with E-state index in [0.717, 1.165) is 23.3 Å². The second-order valence-electron chi connectivity index (χ2n) is 8.32. The van der Waals surface area contributed by atoms with Gasteiger partial charge in [0, 0.05) is 12.2 Å².